The van der Waals surface area contributed by atoms with Crippen molar-refractivity contribution < 1.29 is 4.79 Å². The third-order valence-corrected chi connectivity index (χ3v) is 6.10. The lowest BCUT2D eigenvalue weighted by Gasteiger charge is -2.35. The van der Waals surface area contributed by atoms with Crippen LogP contribution in [0.1, 0.15) is 59.0 Å². The molecule has 3 heterocycles. The second-order valence-corrected chi connectivity index (χ2v) is 8.13. The summed E-state index contributed by atoms with van der Waals surface area (Å²) >= 11 is 0. The molecule has 0 bridgehead atoms. The van der Waals surface area contributed by atoms with Crippen molar-refractivity contribution in [3.63, 3.8) is 0 Å². The maximum Gasteiger partial charge on any atom is 0.270 e. The Morgan fingerprint density at radius 2 is 1.81 bits per heavy atom. The van der Waals surface area contributed by atoms with Crippen LogP contribution in [-0.2, 0) is 12.8 Å². The Kier molecular flexibility index (Phi) is 4.30. The maximum atomic E-state index is 12.4. The van der Waals surface area contributed by atoms with E-state index in [-0.39, 0.29) is 5.91 Å². The van der Waals surface area contributed by atoms with E-state index in [1.165, 1.54) is 18.4 Å². The molecule has 2 aliphatic heterocycles. The van der Waals surface area contributed by atoms with E-state index in [1.54, 1.807) is 0 Å². The van der Waals surface area contributed by atoms with E-state index < -0.39 is 0 Å². The van der Waals surface area contributed by atoms with Crippen LogP contribution in [0.4, 0.5) is 5.82 Å². The van der Waals surface area contributed by atoms with Gasteiger partial charge in [0.2, 0.25) is 0 Å². The average molecular weight is 362 g/mol. The molecule has 140 valence electrons. The summed E-state index contributed by atoms with van der Waals surface area (Å²) in [6.07, 6.45) is 6.66. The molecule has 1 aliphatic carbocycles. The SMILES string of the molecule is O=C1NCCc2c1nc(C1CC1)nc2N1CCC(Cc2ccccc2)CC1. The Hall–Kier alpha value is -2.43. The van der Waals surface area contributed by atoms with Gasteiger partial charge in [-0.1, -0.05) is 30.3 Å². The lowest BCUT2D eigenvalue weighted by molar-refractivity contribution is 0.0940. The molecule has 0 spiro atoms. The number of hydrogen-bond donors (Lipinski definition) is 1. The summed E-state index contributed by atoms with van der Waals surface area (Å²) in [5, 5.41) is 2.94. The van der Waals surface area contributed by atoms with E-state index >= 15 is 0 Å². The van der Waals surface area contributed by atoms with Gasteiger partial charge in [-0.2, -0.15) is 0 Å². The first-order chi connectivity index (χ1) is 13.3. The summed E-state index contributed by atoms with van der Waals surface area (Å²) in [6, 6.07) is 10.8. The minimum absolute atomic E-state index is 0.0271. The number of carbonyl (C=O) groups excluding carboxylic acids is 1. The van der Waals surface area contributed by atoms with Crippen LogP contribution in [0.5, 0.6) is 0 Å². The Labute approximate surface area is 160 Å². The van der Waals surface area contributed by atoms with Crippen molar-refractivity contribution in [1.29, 1.82) is 0 Å². The molecule has 1 N–H and O–H groups in total. The maximum absolute atomic E-state index is 12.4. The number of fused-ring (bicyclic) bond motifs is 1. The quantitative estimate of drug-likeness (QED) is 0.908. The lowest BCUT2D eigenvalue weighted by atomic mass is 9.90. The Bertz CT molecular complexity index is 839. The Balaban J connectivity index is 1.35. The molecule has 0 unspecified atom stereocenters. The van der Waals surface area contributed by atoms with Gasteiger partial charge in [-0.15, -0.1) is 0 Å². The smallest absolute Gasteiger partial charge is 0.270 e. The number of piperidine rings is 1. The minimum Gasteiger partial charge on any atom is -0.356 e. The highest BCUT2D eigenvalue weighted by atomic mass is 16.1. The molecule has 1 aromatic carbocycles. The molecule has 0 atom stereocenters. The van der Waals surface area contributed by atoms with Crippen LogP contribution in [0, 0.1) is 5.92 Å². The van der Waals surface area contributed by atoms with Gasteiger partial charge in [-0.3, -0.25) is 4.79 Å². The van der Waals surface area contributed by atoms with Gasteiger partial charge in [-0.05, 0) is 50.0 Å². The molecule has 1 aromatic heterocycles. The van der Waals surface area contributed by atoms with Crippen molar-refractivity contribution in [2.24, 2.45) is 5.92 Å². The zero-order valence-electron chi connectivity index (χ0n) is 15.7. The highest BCUT2D eigenvalue weighted by Gasteiger charge is 2.33. The van der Waals surface area contributed by atoms with E-state index in [0.717, 1.165) is 61.9 Å². The number of rotatable bonds is 4. The third-order valence-electron chi connectivity index (χ3n) is 6.10. The molecule has 2 aromatic rings. The number of benzene rings is 1. The van der Waals surface area contributed by atoms with Crippen molar-refractivity contribution in [3.8, 4) is 0 Å². The van der Waals surface area contributed by atoms with Crippen LogP contribution in [0.15, 0.2) is 30.3 Å². The molecule has 5 rings (SSSR count). The molecule has 2 fully saturated rings. The molecule has 5 heteroatoms. The molecular weight excluding hydrogens is 336 g/mol. The van der Waals surface area contributed by atoms with Gasteiger partial charge in [-0.25, -0.2) is 9.97 Å². The van der Waals surface area contributed by atoms with Gasteiger partial charge in [0.15, 0.2) is 0 Å². The fourth-order valence-corrected chi connectivity index (χ4v) is 4.37. The van der Waals surface area contributed by atoms with Gasteiger partial charge in [0.25, 0.3) is 5.91 Å². The van der Waals surface area contributed by atoms with Crippen molar-refractivity contribution >= 4 is 11.7 Å². The van der Waals surface area contributed by atoms with E-state index in [2.05, 4.69) is 45.5 Å². The lowest BCUT2D eigenvalue weighted by Crippen LogP contribution is -2.39. The summed E-state index contributed by atoms with van der Waals surface area (Å²) < 4.78 is 0. The number of anilines is 1. The van der Waals surface area contributed by atoms with E-state index in [9.17, 15) is 4.79 Å². The second kappa shape index (κ2) is 6.95. The second-order valence-electron chi connectivity index (χ2n) is 8.13. The molecule has 27 heavy (non-hydrogen) atoms. The Morgan fingerprint density at radius 1 is 1.04 bits per heavy atom. The van der Waals surface area contributed by atoms with Gasteiger partial charge >= 0.3 is 0 Å². The predicted octanol–water partition coefficient (Wildman–Crippen LogP) is 3.10. The van der Waals surface area contributed by atoms with Crippen molar-refractivity contribution in [2.75, 3.05) is 24.5 Å². The standard InChI is InChI=1S/C22H26N4O/c27-22-19-18(8-11-23-22)21(25-20(24-19)17-6-7-17)26-12-9-16(10-13-26)14-15-4-2-1-3-5-15/h1-5,16-17H,6-14H2,(H,23,27). The highest BCUT2D eigenvalue weighted by molar-refractivity contribution is 5.96. The first-order valence-corrected chi connectivity index (χ1v) is 10.3. The van der Waals surface area contributed by atoms with Crippen LogP contribution < -0.4 is 10.2 Å². The van der Waals surface area contributed by atoms with Gasteiger partial charge in [0, 0.05) is 31.1 Å². The van der Waals surface area contributed by atoms with Crippen LogP contribution >= 0.6 is 0 Å². The summed E-state index contributed by atoms with van der Waals surface area (Å²) in [5.41, 5.74) is 3.12. The number of carbonyl (C=O) groups is 1. The molecule has 3 aliphatic rings. The summed E-state index contributed by atoms with van der Waals surface area (Å²) in [4.78, 5) is 24.3. The third kappa shape index (κ3) is 3.43. The van der Waals surface area contributed by atoms with Crippen LogP contribution in [-0.4, -0.2) is 35.5 Å². The summed E-state index contributed by atoms with van der Waals surface area (Å²) in [7, 11) is 0. The topological polar surface area (TPSA) is 58.1 Å². The van der Waals surface area contributed by atoms with E-state index in [1.807, 2.05) is 0 Å². The van der Waals surface area contributed by atoms with Crippen molar-refractivity contribution in [1.82, 2.24) is 15.3 Å². The van der Waals surface area contributed by atoms with Crippen LogP contribution in [0.3, 0.4) is 0 Å². The zero-order chi connectivity index (χ0) is 18.2. The first-order valence-electron chi connectivity index (χ1n) is 10.3. The summed E-state index contributed by atoms with van der Waals surface area (Å²) in [5.74, 6) is 3.08. The monoisotopic (exact) mass is 362 g/mol. The molecule has 1 saturated heterocycles. The van der Waals surface area contributed by atoms with Crippen molar-refractivity contribution in [2.45, 2.75) is 44.4 Å². The zero-order valence-corrected chi connectivity index (χ0v) is 15.7. The number of nitrogens with zero attached hydrogens (tertiary/aromatic N) is 3. The van der Waals surface area contributed by atoms with Gasteiger partial charge in [0.05, 0.1) is 0 Å². The fraction of sp³-hybridized carbons (Fsp3) is 0.500. The molecule has 1 amide bonds. The number of amides is 1. The normalized spacial score (nSPS) is 20.3. The number of aromatic nitrogens is 2. The first kappa shape index (κ1) is 16.7. The molecule has 1 saturated carbocycles. The fourth-order valence-electron chi connectivity index (χ4n) is 4.37. The van der Waals surface area contributed by atoms with Crippen LogP contribution in [0.2, 0.25) is 0 Å². The molecule has 0 radical (unpaired) electrons. The average Bonchev–Trinajstić information content (AvgIpc) is 3.55. The van der Waals surface area contributed by atoms with Crippen molar-refractivity contribution in [3.05, 3.63) is 53.0 Å². The van der Waals surface area contributed by atoms with Crippen LogP contribution in [0.25, 0.3) is 0 Å². The number of hydrogen-bond acceptors (Lipinski definition) is 4. The van der Waals surface area contributed by atoms with E-state index in [0.29, 0.717) is 18.2 Å². The van der Waals surface area contributed by atoms with E-state index in [4.69, 9.17) is 4.98 Å². The predicted molar refractivity (Wildman–Crippen MR) is 105 cm³/mol. The molecular formula is C22H26N4O. The largest absolute Gasteiger partial charge is 0.356 e. The minimum atomic E-state index is -0.0271. The van der Waals surface area contributed by atoms with Gasteiger partial charge in [0.1, 0.15) is 17.3 Å². The van der Waals surface area contributed by atoms with Gasteiger partial charge < -0.3 is 10.2 Å². The molecule has 5 nitrogen and oxygen atoms in total. The Morgan fingerprint density at radius 3 is 2.56 bits per heavy atom. The highest BCUT2D eigenvalue weighted by Crippen LogP contribution is 2.40. The number of nitrogens with one attached hydrogen (secondary N) is 1. The summed E-state index contributed by atoms with van der Waals surface area (Å²) in [6.45, 7) is 2.73.